The minimum Gasteiger partial charge on any atom is -0.377 e. The summed E-state index contributed by atoms with van der Waals surface area (Å²) in [6, 6.07) is 1.97. The van der Waals surface area contributed by atoms with Gasteiger partial charge in [-0.3, -0.25) is 4.57 Å². The van der Waals surface area contributed by atoms with Gasteiger partial charge in [-0.05, 0) is 48.1 Å². The first kappa shape index (κ1) is 12.7. The molecule has 0 aliphatic carbocycles. The minimum atomic E-state index is -0.276. The first-order valence-corrected chi connectivity index (χ1v) is 6.42. The summed E-state index contributed by atoms with van der Waals surface area (Å²) in [6.45, 7) is 4.70. The number of nitrogens with zero attached hydrogens (tertiary/aromatic N) is 2. The second-order valence-corrected chi connectivity index (χ2v) is 5.81. The van der Waals surface area contributed by atoms with Crippen LogP contribution in [0.2, 0.25) is 0 Å². The van der Waals surface area contributed by atoms with Gasteiger partial charge in [0, 0.05) is 17.8 Å². The van der Waals surface area contributed by atoms with Gasteiger partial charge in [-0.2, -0.15) is 0 Å². The van der Waals surface area contributed by atoms with E-state index in [0.717, 1.165) is 15.6 Å². The molecule has 4 nitrogen and oxygen atoms in total. The van der Waals surface area contributed by atoms with Crippen LogP contribution in [0.1, 0.15) is 13.8 Å². The fourth-order valence-corrected chi connectivity index (χ4v) is 2.20. The fourth-order valence-electron chi connectivity index (χ4n) is 1.61. The van der Waals surface area contributed by atoms with Crippen LogP contribution in [0.25, 0.3) is 11.2 Å². The van der Waals surface area contributed by atoms with Crippen LogP contribution in [-0.2, 0) is 11.3 Å². The molecular formula is C11H14BrN3OS. The SMILES string of the molecule is COC(C)(C)Cn1c(=S)[nH]c2cc(Br)cnc21. The molecule has 0 aliphatic rings. The molecule has 17 heavy (non-hydrogen) atoms. The monoisotopic (exact) mass is 315 g/mol. The third-order valence-corrected chi connectivity index (χ3v) is 3.42. The summed E-state index contributed by atoms with van der Waals surface area (Å²) in [5.41, 5.74) is 1.50. The summed E-state index contributed by atoms with van der Waals surface area (Å²) in [5, 5.41) is 0. The lowest BCUT2D eigenvalue weighted by molar-refractivity contribution is 0.00862. The second kappa shape index (κ2) is 4.51. The number of aromatic amines is 1. The number of aromatic nitrogens is 3. The highest BCUT2D eigenvalue weighted by atomic mass is 79.9. The number of H-pyrrole nitrogens is 1. The summed E-state index contributed by atoms with van der Waals surface area (Å²) in [4.78, 5) is 7.53. The second-order valence-electron chi connectivity index (χ2n) is 4.50. The molecule has 0 saturated heterocycles. The molecular weight excluding hydrogens is 302 g/mol. The Balaban J connectivity index is 2.54. The van der Waals surface area contributed by atoms with E-state index in [2.05, 4.69) is 25.9 Å². The number of hydrogen-bond acceptors (Lipinski definition) is 3. The molecule has 0 bridgehead atoms. The van der Waals surface area contributed by atoms with Crippen molar-refractivity contribution in [2.75, 3.05) is 7.11 Å². The van der Waals surface area contributed by atoms with E-state index in [1.807, 2.05) is 24.5 Å². The van der Waals surface area contributed by atoms with Gasteiger partial charge < -0.3 is 9.72 Å². The third kappa shape index (κ3) is 2.59. The van der Waals surface area contributed by atoms with E-state index in [1.165, 1.54) is 0 Å². The van der Waals surface area contributed by atoms with E-state index in [4.69, 9.17) is 17.0 Å². The zero-order chi connectivity index (χ0) is 12.6. The summed E-state index contributed by atoms with van der Waals surface area (Å²) in [7, 11) is 1.70. The van der Waals surface area contributed by atoms with Gasteiger partial charge in [-0.1, -0.05) is 0 Å². The fraction of sp³-hybridized carbons (Fsp3) is 0.455. The van der Waals surface area contributed by atoms with E-state index < -0.39 is 0 Å². The highest BCUT2D eigenvalue weighted by Gasteiger charge is 2.19. The first-order chi connectivity index (χ1) is 7.93. The molecule has 2 aromatic heterocycles. The highest BCUT2D eigenvalue weighted by molar-refractivity contribution is 9.10. The molecule has 92 valence electrons. The van der Waals surface area contributed by atoms with E-state index in [-0.39, 0.29) is 5.60 Å². The van der Waals surface area contributed by atoms with Gasteiger partial charge in [0.05, 0.1) is 17.7 Å². The van der Waals surface area contributed by atoms with Crippen LogP contribution in [0, 0.1) is 4.77 Å². The number of methoxy groups -OCH3 is 1. The van der Waals surface area contributed by atoms with E-state index >= 15 is 0 Å². The van der Waals surface area contributed by atoms with Crippen molar-refractivity contribution in [3.63, 3.8) is 0 Å². The normalized spacial score (nSPS) is 12.2. The molecule has 0 unspecified atom stereocenters. The van der Waals surface area contributed by atoms with Crippen molar-refractivity contribution >= 4 is 39.3 Å². The topological polar surface area (TPSA) is 42.8 Å². The molecule has 6 heteroatoms. The molecule has 2 aromatic rings. The van der Waals surface area contributed by atoms with Gasteiger partial charge in [0.2, 0.25) is 0 Å². The Hall–Kier alpha value is -0.720. The van der Waals surface area contributed by atoms with Crippen molar-refractivity contribution in [3.05, 3.63) is 21.5 Å². The number of imidazole rings is 1. The number of fused-ring (bicyclic) bond motifs is 1. The molecule has 2 rings (SSSR count). The minimum absolute atomic E-state index is 0.276. The predicted molar refractivity (Wildman–Crippen MR) is 73.7 cm³/mol. The average molecular weight is 316 g/mol. The van der Waals surface area contributed by atoms with Gasteiger partial charge in [0.25, 0.3) is 0 Å². The maximum atomic E-state index is 5.42. The molecule has 0 radical (unpaired) electrons. The number of nitrogens with one attached hydrogen (secondary N) is 1. The van der Waals surface area contributed by atoms with Crippen LogP contribution in [0.3, 0.4) is 0 Å². The van der Waals surface area contributed by atoms with Gasteiger partial charge in [-0.25, -0.2) is 4.98 Å². The maximum absolute atomic E-state index is 5.42. The van der Waals surface area contributed by atoms with Gasteiger partial charge in [0.15, 0.2) is 10.4 Å². The Labute approximate surface area is 113 Å². The van der Waals surface area contributed by atoms with Crippen molar-refractivity contribution in [1.82, 2.24) is 14.5 Å². The Bertz CT molecular complexity index is 602. The van der Waals surface area contributed by atoms with Crippen molar-refractivity contribution in [3.8, 4) is 0 Å². The molecule has 0 amide bonds. The quantitative estimate of drug-likeness (QED) is 0.884. The van der Waals surface area contributed by atoms with Crippen molar-refractivity contribution < 1.29 is 4.74 Å². The van der Waals surface area contributed by atoms with Crippen LogP contribution < -0.4 is 0 Å². The van der Waals surface area contributed by atoms with E-state index in [9.17, 15) is 0 Å². The van der Waals surface area contributed by atoms with Crippen LogP contribution in [0.4, 0.5) is 0 Å². The van der Waals surface area contributed by atoms with Crippen LogP contribution in [-0.4, -0.2) is 27.2 Å². The van der Waals surface area contributed by atoms with Gasteiger partial charge in [-0.15, -0.1) is 0 Å². The van der Waals surface area contributed by atoms with Crippen LogP contribution in [0.5, 0.6) is 0 Å². The maximum Gasteiger partial charge on any atom is 0.179 e. The highest BCUT2D eigenvalue weighted by Crippen LogP contribution is 2.20. The van der Waals surface area contributed by atoms with E-state index in [1.54, 1.807) is 13.3 Å². The van der Waals surface area contributed by atoms with Gasteiger partial charge in [0.1, 0.15) is 0 Å². The lowest BCUT2D eigenvalue weighted by atomic mass is 10.1. The Kier molecular flexibility index (Phi) is 3.38. The summed E-state index contributed by atoms with van der Waals surface area (Å²) in [5.74, 6) is 0. The zero-order valence-corrected chi connectivity index (χ0v) is 12.4. The summed E-state index contributed by atoms with van der Waals surface area (Å²) in [6.07, 6.45) is 1.77. The Morgan fingerprint density at radius 3 is 2.94 bits per heavy atom. The number of pyridine rings is 1. The standard InChI is InChI=1S/C11H14BrN3OS/c1-11(2,16-3)6-15-9-8(14-10(15)17)4-7(12)5-13-9/h4-5H,6H2,1-3H3,(H,14,17). The zero-order valence-electron chi connectivity index (χ0n) is 9.95. The predicted octanol–water partition coefficient (Wildman–Crippen LogP) is 3.28. The summed E-state index contributed by atoms with van der Waals surface area (Å²) < 4.78 is 8.97. The first-order valence-electron chi connectivity index (χ1n) is 5.22. The van der Waals surface area contributed by atoms with Crippen molar-refractivity contribution in [2.24, 2.45) is 0 Å². The van der Waals surface area contributed by atoms with Crippen molar-refractivity contribution in [2.45, 2.75) is 26.0 Å². The smallest absolute Gasteiger partial charge is 0.179 e. The number of rotatable bonds is 3. The molecule has 1 N–H and O–H groups in total. The van der Waals surface area contributed by atoms with Crippen molar-refractivity contribution in [1.29, 1.82) is 0 Å². The molecule has 0 saturated carbocycles. The third-order valence-electron chi connectivity index (χ3n) is 2.67. The molecule has 0 aliphatic heterocycles. The Morgan fingerprint density at radius 2 is 2.29 bits per heavy atom. The molecule has 0 spiro atoms. The van der Waals surface area contributed by atoms with Crippen LogP contribution >= 0.6 is 28.1 Å². The molecule has 0 fully saturated rings. The lowest BCUT2D eigenvalue weighted by Gasteiger charge is -2.23. The Morgan fingerprint density at radius 1 is 1.59 bits per heavy atom. The largest absolute Gasteiger partial charge is 0.377 e. The average Bonchev–Trinajstić information content (AvgIpc) is 2.54. The number of ether oxygens (including phenoxy) is 1. The lowest BCUT2D eigenvalue weighted by Crippen LogP contribution is -2.29. The molecule has 0 aromatic carbocycles. The summed E-state index contributed by atoms with van der Waals surface area (Å²) >= 11 is 8.70. The number of hydrogen-bond donors (Lipinski definition) is 1. The van der Waals surface area contributed by atoms with Gasteiger partial charge >= 0.3 is 0 Å². The van der Waals surface area contributed by atoms with E-state index in [0.29, 0.717) is 11.3 Å². The molecule has 2 heterocycles. The number of halogens is 1. The van der Waals surface area contributed by atoms with Crippen LogP contribution in [0.15, 0.2) is 16.7 Å². The molecule has 0 atom stereocenters.